The Bertz CT molecular complexity index is 1120. The zero-order valence-corrected chi connectivity index (χ0v) is 16.5. The smallest absolute Gasteiger partial charge is 0.220 e. The normalized spacial score (nSPS) is 10.8. The zero-order valence-electron chi connectivity index (χ0n) is 16.5. The topological polar surface area (TPSA) is 107 Å². The highest BCUT2D eigenvalue weighted by Crippen LogP contribution is 2.13. The van der Waals surface area contributed by atoms with Crippen LogP contribution in [0.4, 0.5) is 5.82 Å². The Morgan fingerprint density at radius 2 is 2.07 bits per heavy atom. The average molecular weight is 406 g/mol. The summed E-state index contributed by atoms with van der Waals surface area (Å²) in [4.78, 5) is 12.3. The molecule has 0 saturated heterocycles. The van der Waals surface area contributed by atoms with E-state index in [0.29, 0.717) is 36.8 Å². The molecule has 0 unspecified atom stereocenters. The van der Waals surface area contributed by atoms with Gasteiger partial charge >= 0.3 is 0 Å². The summed E-state index contributed by atoms with van der Waals surface area (Å²) in [7, 11) is 1.62. The SMILES string of the molecule is COc1cccc(CNC(=O)CCc2nnc3ccc(NCc4ccco4)nn23)c1. The average Bonchev–Trinajstić information content (AvgIpc) is 3.44. The number of aromatic nitrogens is 4. The fraction of sp³-hybridized carbons (Fsp3) is 0.238. The number of hydrogen-bond acceptors (Lipinski definition) is 7. The van der Waals surface area contributed by atoms with E-state index in [2.05, 4.69) is 25.9 Å². The molecule has 0 saturated carbocycles. The van der Waals surface area contributed by atoms with Crippen molar-refractivity contribution in [2.24, 2.45) is 0 Å². The van der Waals surface area contributed by atoms with Crippen molar-refractivity contribution in [2.45, 2.75) is 25.9 Å². The van der Waals surface area contributed by atoms with Gasteiger partial charge < -0.3 is 19.8 Å². The van der Waals surface area contributed by atoms with Crippen LogP contribution < -0.4 is 15.4 Å². The Hall–Kier alpha value is -3.88. The summed E-state index contributed by atoms with van der Waals surface area (Å²) < 4.78 is 12.2. The summed E-state index contributed by atoms with van der Waals surface area (Å²) in [6.07, 6.45) is 2.35. The maximum Gasteiger partial charge on any atom is 0.220 e. The molecule has 9 nitrogen and oxygen atoms in total. The van der Waals surface area contributed by atoms with Crippen LogP contribution in [0, 0.1) is 0 Å². The number of aryl methyl sites for hydroxylation is 1. The van der Waals surface area contributed by atoms with Gasteiger partial charge in [0.15, 0.2) is 11.5 Å². The molecule has 0 fully saturated rings. The van der Waals surface area contributed by atoms with Crippen molar-refractivity contribution in [3.63, 3.8) is 0 Å². The highest BCUT2D eigenvalue weighted by Gasteiger charge is 2.11. The van der Waals surface area contributed by atoms with Crippen LogP contribution >= 0.6 is 0 Å². The molecule has 9 heteroatoms. The Balaban J connectivity index is 1.33. The second-order valence-electron chi connectivity index (χ2n) is 6.67. The quantitative estimate of drug-likeness (QED) is 0.440. The van der Waals surface area contributed by atoms with Crippen LogP contribution in [0.3, 0.4) is 0 Å². The van der Waals surface area contributed by atoms with Crippen molar-refractivity contribution < 1.29 is 13.9 Å². The molecule has 0 bridgehead atoms. The van der Waals surface area contributed by atoms with Crippen LogP contribution in [0.1, 0.15) is 23.6 Å². The Labute approximate surface area is 173 Å². The molecule has 30 heavy (non-hydrogen) atoms. The van der Waals surface area contributed by atoms with E-state index in [1.807, 2.05) is 48.5 Å². The largest absolute Gasteiger partial charge is 0.497 e. The van der Waals surface area contributed by atoms with E-state index in [4.69, 9.17) is 9.15 Å². The number of anilines is 1. The molecular weight excluding hydrogens is 384 g/mol. The molecule has 1 aromatic carbocycles. The van der Waals surface area contributed by atoms with E-state index >= 15 is 0 Å². The minimum atomic E-state index is -0.0679. The predicted octanol–water partition coefficient (Wildman–Crippen LogP) is 2.59. The summed E-state index contributed by atoms with van der Waals surface area (Å²) in [6.45, 7) is 0.964. The van der Waals surface area contributed by atoms with Gasteiger partial charge in [-0.2, -0.15) is 4.52 Å². The highest BCUT2D eigenvalue weighted by molar-refractivity contribution is 5.76. The van der Waals surface area contributed by atoms with Crippen molar-refractivity contribution in [1.29, 1.82) is 0 Å². The third-order valence-corrected chi connectivity index (χ3v) is 4.55. The van der Waals surface area contributed by atoms with Gasteiger partial charge in [0.25, 0.3) is 0 Å². The van der Waals surface area contributed by atoms with Crippen LogP contribution in [0.25, 0.3) is 5.65 Å². The van der Waals surface area contributed by atoms with Crippen molar-refractivity contribution in [2.75, 3.05) is 12.4 Å². The Morgan fingerprint density at radius 3 is 2.90 bits per heavy atom. The van der Waals surface area contributed by atoms with Crippen LogP contribution in [0.2, 0.25) is 0 Å². The molecule has 3 heterocycles. The number of ether oxygens (including phenoxy) is 1. The van der Waals surface area contributed by atoms with Gasteiger partial charge in [0, 0.05) is 19.4 Å². The first-order valence-corrected chi connectivity index (χ1v) is 9.58. The fourth-order valence-electron chi connectivity index (χ4n) is 2.97. The van der Waals surface area contributed by atoms with Crippen molar-refractivity contribution in [1.82, 2.24) is 25.1 Å². The summed E-state index contributed by atoms with van der Waals surface area (Å²) in [6, 6.07) is 15.0. The van der Waals surface area contributed by atoms with Crippen LogP contribution in [-0.4, -0.2) is 32.8 Å². The third kappa shape index (κ3) is 4.75. The second kappa shape index (κ2) is 9.08. The molecule has 0 aliphatic heterocycles. The minimum absolute atomic E-state index is 0.0679. The van der Waals surface area contributed by atoms with E-state index in [1.165, 1.54) is 0 Å². The van der Waals surface area contributed by atoms with E-state index < -0.39 is 0 Å². The number of nitrogens with zero attached hydrogens (tertiary/aromatic N) is 4. The lowest BCUT2D eigenvalue weighted by molar-refractivity contribution is -0.121. The first kappa shape index (κ1) is 19.4. The molecule has 4 aromatic rings. The molecule has 0 aliphatic carbocycles. The van der Waals surface area contributed by atoms with Crippen LogP contribution in [0.5, 0.6) is 5.75 Å². The molecule has 3 aromatic heterocycles. The van der Waals surface area contributed by atoms with Crippen molar-refractivity contribution in [3.8, 4) is 5.75 Å². The van der Waals surface area contributed by atoms with Gasteiger partial charge in [-0.25, -0.2) is 0 Å². The van der Waals surface area contributed by atoms with E-state index in [-0.39, 0.29) is 12.3 Å². The summed E-state index contributed by atoms with van der Waals surface area (Å²) in [5.74, 6) is 2.81. The molecule has 0 radical (unpaired) electrons. The first-order valence-electron chi connectivity index (χ1n) is 9.58. The zero-order chi connectivity index (χ0) is 20.8. The number of hydrogen-bond donors (Lipinski definition) is 2. The van der Waals surface area contributed by atoms with Crippen LogP contribution in [-0.2, 0) is 24.3 Å². The molecule has 2 N–H and O–H groups in total. The number of carbonyl (C=O) groups excluding carboxylic acids is 1. The van der Waals surface area contributed by atoms with Gasteiger partial charge in [0.2, 0.25) is 5.91 Å². The van der Waals surface area contributed by atoms with E-state index in [9.17, 15) is 4.79 Å². The number of rotatable bonds is 9. The van der Waals surface area contributed by atoms with Gasteiger partial charge in [-0.3, -0.25) is 4.79 Å². The number of furan rings is 1. The maximum atomic E-state index is 12.3. The maximum absolute atomic E-state index is 12.3. The van der Waals surface area contributed by atoms with E-state index in [0.717, 1.165) is 17.1 Å². The summed E-state index contributed by atoms with van der Waals surface area (Å²) in [5.41, 5.74) is 1.61. The molecule has 0 spiro atoms. The number of amides is 1. The number of methoxy groups -OCH3 is 1. The summed E-state index contributed by atoms with van der Waals surface area (Å²) in [5, 5.41) is 18.9. The van der Waals surface area contributed by atoms with Crippen molar-refractivity contribution >= 4 is 17.4 Å². The van der Waals surface area contributed by atoms with E-state index in [1.54, 1.807) is 17.9 Å². The monoisotopic (exact) mass is 406 g/mol. The number of benzene rings is 1. The standard InChI is InChI=1S/C21H22N6O3/c1-29-16-5-2-4-15(12-16)13-23-21(28)10-9-20-25-24-19-8-7-18(26-27(19)20)22-14-17-6-3-11-30-17/h2-8,11-12H,9-10,13-14H2,1H3,(H,22,26)(H,23,28). The van der Waals surface area contributed by atoms with Gasteiger partial charge in [-0.05, 0) is 42.0 Å². The fourth-order valence-corrected chi connectivity index (χ4v) is 2.97. The molecular formula is C21H22N6O3. The van der Waals surface area contributed by atoms with Crippen LogP contribution in [0.15, 0.2) is 59.2 Å². The van der Waals surface area contributed by atoms with Gasteiger partial charge in [-0.15, -0.1) is 15.3 Å². The molecule has 1 amide bonds. The Kier molecular flexibility index (Phi) is 5.88. The second-order valence-corrected chi connectivity index (χ2v) is 6.67. The predicted molar refractivity (Wildman–Crippen MR) is 110 cm³/mol. The first-order chi connectivity index (χ1) is 14.7. The Morgan fingerprint density at radius 1 is 1.13 bits per heavy atom. The van der Waals surface area contributed by atoms with Gasteiger partial charge in [0.05, 0.1) is 19.9 Å². The summed E-state index contributed by atoms with van der Waals surface area (Å²) >= 11 is 0. The number of nitrogens with one attached hydrogen (secondary N) is 2. The molecule has 0 aliphatic rings. The lowest BCUT2D eigenvalue weighted by Crippen LogP contribution is -2.23. The molecule has 4 rings (SSSR count). The molecule has 154 valence electrons. The minimum Gasteiger partial charge on any atom is -0.497 e. The lowest BCUT2D eigenvalue weighted by atomic mass is 10.2. The third-order valence-electron chi connectivity index (χ3n) is 4.55. The number of fused-ring (bicyclic) bond motifs is 1. The van der Waals surface area contributed by atoms with Gasteiger partial charge in [0.1, 0.15) is 17.3 Å². The highest BCUT2D eigenvalue weighted by atomic mass is 16.5. The number of carbonyl (C=O) groups is 1. The molecule has 0 atom stereocenters. The van der Waals surface area contributed by atoms with Crippen molar-refractivity contribution in [3.05, 3.63) is 71.9 Å². The lowest BCUT2D eigenvalue weighted by Gasteiger charge is -2.07. The van der Waals surface area contributed by atoms with Gasteiger partial charge in [-0.1, -0.05) is 12.1 Å².